The molecular weight excluding hydrogens is 316 g/mol. The Hall–Kier alpha value is -0.416. The average Bonchev–Trinajstić information content (AvgIpc) is 2.61. The molecule has 0 amide bonds. The van der Waals surface area contributed by atoms with E-state index in [1.165, 1.54) is 20.6 Å². The van der Waals surface area contributed by atoms with Crippen LogP contribution in [-0.2, 0) is 27.7 Å². The predicted molar refractivity (Wildman–Crippen MR) is 82.3 cm³/mol. The van der Waals surface area contributed by atoms with Crippen molar-refractivity contribution in [2.45, 2.75) is 55.4 Å². The number of carbonyl (C=O) groups is 1. The molecule has 0 radical (unpaired) electrons. The summed E-state index contributed by atoms with van der Waals surface area (Å²) < 4.78 is 6.95. The van der Waals surface area contributed by atoms with Crippen LogP contribution in [0.1, 0.15) is 55.4 Å². The van der Waals surface area contributed by atoms with Gasteiger partial charge in [0.15, 0.2) is 0 Å². The fourth-order valence-corrected chi connectivity index (χ4v) is 4.05. The largest absolute Gasteiger partial charge is 0.857 e. The van der Waals surface area contributed by atoms with Crippen LogP contribution in [-0.4, -0.2) is 20.2 Å². The van der Waals surface area contributed by atoms with Crippen molar-refractivity contribution in [1.82, 2.24) is 0 Å². The van der Waals surface area contributed by atoms with Gasteiger partial charge in [0.25, 0.3) is 0 Å². The van der Waals surface area contributed by atoms with Gasteiger partial charge in [0.1, 0.15) is 0 Å². The van der Waals surface area contributed by atoms with Crippen molar-refractivity contribution in [1.29, 1.82) is 0 Å². The zero-order valence-electron chi connectivity index (χ0n) is 15.6. The van der Waals surface area contributed by atoms with Crippen LogP contribution in [0.3, 0.4) is 0 Å². The molecule has 0 N–H and O–H groups in total. The Morgan fingerprint density at radius 2 is 1.41 bits per heavy atom. The molecule has 1 aliphatic rings. The molecule has 0 heterocycles. The van der Waals surface area contributed by atoms with Gasteiger partial charge in [0.05, 0.1) is 0 Å². The molecule has 0 aromatic carbocycles. The molecule has 0 unspecified atom stereocenters. The molecule has 0 saturated carbocycles. The van der Waals surface area contributed by atoms with Crippen LogP contribution >= 0.6 is 0 Å². The van der Waals surface area contributed by atoms with Gasteiger partial charge in [0, 0.05) is 0 Å². The van der Waals surface area contributed by atoms with Crippen molar-refractivity contribution in [3.63, 3.8) is 0 Å². The van der Waals surface area contributed by atoms with Crippen LogP contribution < -0.4 is 10.2 Å². The molecule has 1 rings (SSSR count). The van der Waals surface area contributed by atoms with E-state index in [1.54, 1.807) is 0 Å². The van der Waals surface area contributed by atoms with Gasteiger partial charge in [-0.15, -0.1) is 0 Å². The van der Waals surface area contributed by atoms with Gasteiger partial charge >= 0.3 is 120 Å². The molecular formula is C17H30O4Ti. The van der Waals surface area contributed by atoms with E-state index in [1.807, 2.05) is 20.8 Å². The summed E-state index contributed by atoms with van der Waals surface area (Å²) in [6.07, 6.45) is 0. The van der Waals surface area contributed by atoms with Gasteiger partial charge < -0.3 is 10.2 Å². The van der Waals surface area contributed by atoms with Crippen molar-refractivity contribution in [3.05, 3.63) is 20.6 Å². The van der Waals surface area contributed by atoms with Crippen LogP contribution in [0.5, 0.6) is 0 Å². The minimum atomic E-state index is -0.829. The Labute approximate surface area is 145 Å². The summed E-state index contributed by atoms with van der Waals surface area (Å²) in [7, 11) is 1.50. The van der Waals surface area contributed by atoms with Gasteiger partial charge in [-0.3, -0.25) is 0 Å². The predicted octanol–water partition coefficient (Wildman–Crippen LogP) is 2.18. The Bertz CT molecular complexity index is 440. The molecule has 22 heavy (non-hydrogen) atoms. The van der Waals surface area contributed by atoms with Crippen LogP contribution in [0.2, 0.25) is 0 Å². The van der Waals surface area contributed by atoms with E-state index in [9.17, 15) is 4.79 Å². The molecule has 0 aromatic heterocycles. The zero-order valence-corrected chi connectivity index (χ0v) is 17.2. The van der Waals surface area contributed by atoms with Crippen molar-refractivity contribution in [2.24, 2.45) is 10.8 Å². The Morgan fingerprint density at radius 3 is 1.68 bits per heavy atom. The van der Waals surface area contributed by atoms with Gasteiger partial charge in [-0.25, -0.2) is 0 Å². The first-order valence-corrected chi connectivity index (χ1v) is 8.60. The van der Waals surface area contributed by atoms with Gasteiger partial charge in [0.2, 0.25) is 0 Å². The maximum Gasteiger partial charge on any atom is -0.153 e. The average molecular weight is 346 g/mol. The van der Waals surface area contributed by atoms with E-state index in [0.717, 1.165) is 14.2 Å². The zero-order chi connectivity index (χ0) is 18.3. The first-order chi connectivity index (χ1) is 9.99. The summed E-state index contributed by atoms with van der Waals surface area (Å²) in [6, 6.07) is 0. The normalized spacial score (nSPS) is 16.2. The number of rotatable bonds is 2. The van der Waals surface area contributed by atoms with Crippen molar-refractivity contribution in [3.8, 4) is 0 Å². The van der Waals surface area contributed by atoms with E-state index in [2.05, 4.69) is 34.6 Å². The quantitative estimate of drug-likeness (QED) is 0.719. The van der Waals surface area contributed by atoms with Gasteiger partial charge in [-0.05, 0) is 0 Å². The molecule has 0 bridgehead atoms. The molecule has 0 aromatic rings. The molecule has 4 nitrogen and oxygen atoms in total. The van der Waals surface area contributed by atoms with Crippen molar-refractivity contribution < 1.29 is 37.9 Å². The standard InChI is InChI=1S/C10H15.C5H10O2.2CH3O.Ti/c1-7-6-10(4,5)9(3)8(7)2;1-5(2,3)4(6)7;2*1-2;/h1-5H3;1-3H3,(H,6,7);2*1H3;/q;;2*-1;+3/p-1. The topological polar surface area (TPSA) is 72.4 Å². The van der Waals surface area contributed by atoms with E-state index in [-0.39, 0.29) is 11.4 Å². The second-order valence-electron chi connectivity index (χ2n) is 6.62. The SMILES string of the molecule is CC1=C(C)C(C)(C)[C]([Ti+2][O]C(=O)C(C)(C)C)=C1C.C[O-].C[O-]. The van der Waals surface area contributed by atoms with E-state index in [0.29, 0.717) is 0 Å². The van der Waals surface area contributed by atoms with Crippen LogP contribution in [0.4, 0.5) is 0 Å². The second-order valence-corrected chi connectivity index (χ2v) is 8.03. The molecule has 126 valence electrons. The third-order valence-electron chi connectivity index (χ3n) is 3.92. The number of carbonyl (C=O) groups excluding carboxylic acids is 1. The molecule has 0 spiro atoms. The Kier molecular flexibility index (Phi) is 10.5. The summed E-state index contributed by atoms with van der Waals surface area (Å²) in [5.41, 5.74) is 3.76. The first kappa shape index (κ1) is 23.8. The molecule has 0 aliphatic heterocycles. The minimum Gasteiger partial charge on any atom is -0.857 e. The maximum atomic E-state index is 11.9. The van der Waals surface area contributed by atoms with E-state index >= 15 is 0 Å². The monoisotopic (exact) mass is 346 g/mol. The number of allylic oxidation sites excluding steroid dienone is 4. The third-order valence-corrected chi connectivity index (χ3v) is 6.25. The van der Waals surface area contributed by atoms with E-state index in [4.69, 9.17) is 13.5 Å². The molecule has 0 saturated heterocycles. The number of hydrogen-bond donors (Lipinski definition) is 0. The summed E-state index contributed by atoms with van der Waals surface area (Å²) in [5.74, 6) is -0.0826. The fraction of sp³-hybridized carbons (Fsp3) is 0.706. The molecule has 0 fully saturated rings. The van der Waals surface area contributed by atoms with Gasteiger partial charge in [-0.2, -0.15) is 14.2 Å². The van der Waals surface area contributed by atoms with Crippen molar-refractivity contribution in [2.75, 3.05) is 14.2 Å². The minimum absolute atomic E-state index is 0.0618. The Balaban J connectivity index is 0. The summed E-state index contributed by atoms with van der Waals surface area (Å²) in [4.78, 5) is 11.9. The summed E-state index contributed by atoms with van der Waals surface area (Å²) in [5, 5.41) is 16.5. The van der Waals surface area contributed by atoms with Gasteiger partial charge in [-0.1, -0.05) is 0 Å². The van der Waals surface area contributed by atoms with Crippen LogP contribution in [0.15, 0.2) is 20.6 Å². The van der Waals surface area contributed by atoms with E-state index < -0.39 is 25.0 Å². The molecule has 5 heteroatoms. The summed E-state index contributed by atoms with van der Waals surface area (Å²) >= 11 is -0.829. The third kappa shape index (κ3) is 5.66. The molecule has 0 atom stereocenters. The van der Waals surface area contributed by atoms with Crippen molar-refractivity contribution >= 4 is 5.97 Å². The Morgan fingerprint density at radius 1 is 1.00 bits per heavy atom. The number of hydrogen-bond acceptors (Lipinski definition) is 4. The maximum absolute atomic E-state index is 11.9. The smallest absolute Gasteiger partial charge is 0.153 e. The summed E-state index contributed by atoms with van der Waals surface area (Å²) in [6.45, 7) is 16.7. The fourth-order valence-electron chi connectivity index (χ4n) is 2.05. The van der Waals surface area contributed by atoms with Crippen LogP contribution in [0.25, 0.3) is 0 Å². The molecule has 1 aliphatic carbocycles. The second kappa shape index (κ2) is 9.66. The van der Waals surface area contributed by atoms with Crippen LogP contribution in [0, 0.1) is 10.8 Å². The first-order valence-electron chi connectivity index (χ1n) is 7.18.